The van der Waals surface area contributed by atoms with Crippen LogP contribution in [0.2, 0.25) is 0 Å². The SMILES string of the molecule is CNc1ncnc(N2CCC(C(C)C)CC2)c1Br. The van der Waals surface area contributed by atoms with E-state index in [1.54, 1.807) is 6.33 Å². The summed E-state index contributed by atoms with van der Waals surface area (Å²) in [5.41, 5.74) is 0. The van der Waals surface area contributed by atoms with Crippen molar-refractivity contribution in [3.05, 3.63) is 10.8 Å². The van der Waals surface area contributed by atoms with Crippen molar-refractivity contribution in [2.75, 3.05) is 30.4 Å². The average molecular weight is 313 g/mol. The van der Waals surface area contributed by atoms with E-state index in [2.05, 4.69) is 50.0 Å². The van der Waals surface area contributed by atoms with Gasteiger partial charge in [0.05, 0.1) is 0 Å². The molecular weight excluding hydrogens is 292 g/mol. The van der Waals surface area contributed by atoms with Gasteiger partial charge in [0, 0.05) is 20.1 Å². The lowest BCUT2D eigenvalue weighted by Gasteiger charge is -2.35. The highest BCUT2D eigenvalue weighted by atomic mass is 79.9. The number of piperidine rings is 1. The number of hydrogen-bond donors (Lipinski definition) is 1. The van der Waals surface area contributed by atoms with Crippen molar-refractivity contribution in [2.24, 2.45) is 11.8 Å². The maximum atomic E-state index is 4.41. The lowest BCUT2D eigenvalue weighted by Crippen LogP contribution is -2.36. The molecule has 0 atom stereocenters. The van der Waals surface area contributed by atoms with Crippen LogP contribution in [0.1, 0.15) is 26.7 Å². The summed E-state index contributed by atoms with van der Waals surface area (Å²) in [6, 6.07) is 0. The van der Waals surface area contributed by atoms with Gasteiger partial charge in [-0.25, -0.2) is 9.97 Å². The maximum absolute atomic E-state index is 4.41. The van der Waals surface area contributed by atoms with Gasteiger partial charge in [0.1, 0.15) is 22.4 Å². The van der Waals surface area contributed by atoms with Crippen LogP contribution >= 0.6 is 15.9 Å². The molecule has 1 saturated heterocycles. The standard InChI is InChI=1S/C13H21BrN4/c1-9(2)10-4-6-18(7-5-10)13-11(14)12(15-3)16-8-17-13/h8-10H,4-7H2,1-3H3,(H,15,16,17). The quantitative estimate of drug-likeness (QED) is 0.931. The smallest absolute Gasteiger partial charge is 0.148 e. The molecule has 18 heavy (non-hydrogen) atoms. The molecule has 0 bridgehead atoms. The zero-order valence-corrected chi connectivity index (χ0v) is 12.9. The largest absolute Gasteiger partial charge is 0.372 e. The van der Waals surface area contributed by atoms with Gasteiger partial charge in [-0.3, -0.25) is 0 Å². The van der Waals surface area contributed by atoms with Gasteiger partial charge in [-0.1, -0.05) is 13.8 Å². The van der Waals surface area contributed by atoms with Crippen molar-refractivity contribution in [1.29, 1.82) is 0 Å². The topological polar surface area (TPSA) is 41.1 Å². The van der Waals surface area contributed by atoms with Crippen molar-refractivity contribution in [3.8, 4) is 0 Å². The van der Waals surface area contributed by atoms with E-state index in [1.807, 2.05) is 7.05 Å². The fourth-order valence-corrected chi connectivity index (χ4v) is 3.19. The highest BCUT2D eigenvalue weighted by Gasteiger charge is 2.24. The molecule has 2 rings (SSSR count). The molecule has 5 heteroatoms. The molecule has 0 unspecified atom stereocenters. The van der Waals surface area contributed by atoms with Gasteiger partial charge in [-0.05, 0) is 40.6 Å². The summed E-state index contributed by atoms with van der Waals surface area (Å²) in [4.78, 5) is 11.0. The summed E-state index contributed by atoms with van der Waals surface area (Å²) in [5.74, 6) is 3.50. The molecular formula is C13H21BrN4. The lowest BCUT2D eigenvalue weighted by atomic mass is 9.87. The van der Waals surface area contributed by atoms with E-state index in [4.69, 9.17) is 0 Å². The summed E-state index contributed by atoms with van der Waals surface area (Å²) in [6.45, 7) is 6.81. The fourth-order valence-electron chi connectivity index (χ4n) is 2.53. The molecule has 0 amide bonds. The summed E-state index contributed by atoms with van der Waals surface area (Å²) in [7, 11) is 1.88. The zero-order valence-electron chi connectivity index (χ0n) is 11.3. The molecule has 1 aliphatic heterocycles. The number of rotatable bonds is 3. The molecule has 1 fully saturated rings. The molecule has 0 aliphatic carbocycles. The van der Waals surface area contributed by atoms with Crippen LogP contribution in [0, 0.1) is 11.8 Å². The van der Waals surface area contributed by atoms with Gasteiger partial charge in [-0.2, -0.15) is 0 Å². The summed E-state index contributed by atoms with van der Waals surface area (Å²) in [6.07, 6.45) is 4.13. The summed E-state index contributed by atoms with van der Waals surface area (Å²) in [5, 5.41) is 3.08. The van der Waals surface area contributed by atoms with Crippen LogP contribution in [0.5, 0.6) is 0 Å². The van der Waals surface area contributed by atoms with E-state index in [9.17, 15) is 0 Å². The minimum absolute atomic E-state index is 0.786. The molecule has 1 aromatic heterocycles. The van der Waals surface area contributed by atoms with Gasteiger partial charge >= 0.3 is 0 Å². The Morgan fingerprint density at radius 3 is 2.56 bits per heavy atom. The molecule has 0 aromatic carbocycles. The molecule has 1 aliphatic rings. The van der Waals surface area contributed by atoms with Crippen molar-refractivity contribution < 1.29 is 0 Å². The third-order valence-electron chi connectivity index (χ3n) is 3.79. The van der Waals surface area contributed by atoms with E-state index >= 15 is 0 Å². The number of halogens is 1. The van der Waals surface area contributed by atoms with Crippen LogP contribution in [0.4, 0.5) is 11.6 Å². The monoisotopic (exact) mass is 312 g/mol. The second-order valence-electron chi connectivity index (χ2n) is 5.18. The van der Waals surface area contributed by atoms with Crippen LogP contribution in [0.3, 0.4) is 0 Å². The van der Waals surface area contributed by atoms with Crippen LogP contribution in [-0.4, -0.2) is 30.1 Å². The Balaban J connectivity index is 2.10. The van der Waals surface area contributed by atoms with Crippen molar-refractivity contribution >= 4 is 27.6 Å². The highest BCUT2D eigenvalue weighted by molar-refractivity contribution is 9.10. The van der Waals surface area contributed by atoms with Crippen molar-refractivity contribution in [3.63, 3.8) is 0 Å². The second-order valence-corrected chi connectivity index (χ2v) is 5.97. The van der Waals surface area contributed by atoms with Crippen LogP contribution in [-0.2, 0) is 0 Å². The Labute approximate surface area is 117 Å². The Morgan fingerprint density at radius 1 is 1.33 bits per heavy atom. The van der Waals surface area contributed by atoms with Gasteiger partial charge < -0.3 is 10.2 Å². The maximum Gasteiger partial charge on any atom is 0.148 e. The van der Waals surface area contributed by atoms with Crippen LogP contribution < -0.4 is 10.2 Å². The van der Waals surface area contributed by atoms with E-state index in [-0.39, 0.29) is 0 Å². The molecule has 0 saturated carbocycles. The third kappa shape index (κ3) is 2.76. The lowest BCUT2D eigenvalue weighted by molar-refractivity contribution is 0.310. The van der Waals surface area contributed by atoms with Gasteiger partial charge in [0.2, 0.25) is 0 Å². The number of nitrogens with one attached hydrogen (secondary N) is 1. The van der Waals surface area contributed by atoms with Crippen LogP contribution in [0.15, 0.2) is 10.8 Å². The number of aromatic nitrogens is 2. The Kier molecular flexibility index (Phi) is 4.43. The first-order valence-electron chi connectivity index (χ1n) is 6.56. The minimum atomic E-state index is 0.786. The molecule has 100 valence electrons. The molecule has 4 nitrogen and oxygen atoms in total. The van der Waals surface area contributed by atoms with Crippen molar-refractivity contribution in [2.45, 2.75) is 26.7 Å². The predicted molar refractivity (Wildman–Crippen MR) is 79.1 cm³/mol. The van der Waals surface area contributed by atoms with Crippen molar-refractivity contribution in [1.82, 2.24) is 9.97 Å². The average Bonchev–Trinajstić information content (AvgIpc) is 2.39. The van der Waals surface area contributed by atoms with E-state index < -0.39 is 0 Å². The normalized spacial score (nSPS) is 17.3. The molecule has 1 aromatic rings. The first kappa shape index (κ1) is 13.6. The van der Waals surface area contributed by atoms with E-state index in [0.717, 1.165) is 41.0 Å². The van der Waals surface area contributed by atoms with Gasteiger partial charge in [-0.15, -0.1) is 0 Å². The number of anilines is 2. The Bertz CT molecular complexity index is 400. The molecule has 0 radical (unpaired) electrons. The molecule has 1 N–H and O–H groups in total. The van der Waals surface area contributed by atoms with E-state index in [0.29, 0.717) is 0 Å². The predicted octanol–water partition coefficient (Wildman–Crippen LogP) is 3.15. The summed E-state index contributed by atoms with van der Waals surface area (Å²) >= 11 is 3.59. The minimum Gasteiger partial charge on any atom is -0.372 e. The fraction of sp³-hybridized carbons (Fsp3) is 0.692. The first-order chi connectivity index (χ1) is 8.63. The van der Waals surface area contributed by atoms with Gasteiger partial charge in [0.25, 0.3) is 0 Å². The number of hydrogen-bond acceptors (Lipinski definition) is 4. The second kappa shape index (κ2) is 5.87. The van der Waals surface area contributed by atoms with Gasteiger partial charge in [0.15, 0.2) is 0 Å². The van der Waals surface area contributed by atoms with E-state index in [1.165, 1.54) is 12.8 Å². The van der Waals surface area contributed by atoms with Crippen LogP contribution in [0.25, 0.3) is 0 Å². The summed E-state index contributed by atoms with van der Waals surface area (Å²) < 4.78 is 0.968. The Hall–Kier alpha value is -0.840. The number of nitrogens with zero attached hydrogens (tertiary/aromatic N) is 3. The first-order valence-corrected chi connectivity index (χ1v) is 7.36. The third-order valence-corrected chi connectivity index (χ3v) is 4.52. The molecule has 0 spiro atoms. The highest BCUT2D eigenvalue weighted by Crippen LogP contribution is 2.33. The Morgan fingerprint density at radius 2 is 2.00 bits per heavy atom. The zero-order chi connectivity index (χ0) is 13.1. The molecule has 2 heterocycles.